The third-order valence-electron chi connectivity index (χ3n) is 6.56. The number of halogens is 2. The van der Waals surface area contributed by atoms with Gasteiger partial charge in [-0.3, -0.25) is 4.79 Å². The predicted molar refractivity (Wildman–Crippen MR) is 131 cm³/mol. The van der Waals surface area contributed by atoms with E-state index >= 15 is 0 Å². The highest BCUT2D eigenvalue weighted by Gasteiger charge is 2.35. The number of benzene rings is 2. The lowest BCUT2D eigenvalue weighted by molar-refractivity contribution is -0.123. The van der Waals surface area contributed by atoms with E-state index in [-0.39, 0.29) is 17.0 Å². The number of hydrogen-bond acceptors (Lipinski definition) is 2. The third-order valence-corrected chi connectivity index (χ3v) is 6.56. The molecule has 4 rings (SSSR count). The molecule has 1 aliphatic rings. The molecule has 2 aromatic carbocycles. The van der Waals surface area contributed by atoms with Crippen LogP contribution in [0.1, 0.15) is 44.5 Å². The molecule has 0 aliphatic carbocycles. The molecule has 6 heteroatoms. The topological polar surface area (TPSA) is 37.3 Å². The number of carbonyl (C=O) groups is 1. The number of amides is 1. The predicted octanol–water partition coefficient (Wildman–Crippen LogP) is 5.64. The molecule has 1 saturated heterocycles. The van der Waals surface area contributed by atoms with Gasteiger partial charge in [0.2, 0.25) is 6.41 Å². The maximum atomic E-state index is 14.7. The van der Waals surface area contributed by atoms with Crippen LogP contribution in [0.25, 0.3) is 11.1 Å². The lowest BCUT2D eigenvalue weighted by Gasteiger charge is -2.40. The molecule has 4 nitrogen and oxygen atoms in total. The summed E-state index contributed by atoms with van der Waals surface area (Å²) < 4.78 is 30.8. The smallest absolute Gasteiger partial charge is 0.210 e. The maximum absolute atomic E-state index is 14.7. The van der Waals surface area contributed by atoms with E-state index in [1.54, 1.807) is 0 Å². The summed E-state index contributed by atoms with van der Waals surface area (Å²) in [5, 5.41) is 3.38. The molecular formula is C28H33F2N3O. The molecule has 0 bridgehead atoms. The first-order valence-electron chi connectivity index (χ1n) is 11.9. The van der Waals surface area contributed by atoms with Crippen molar-refractivity contribution < 1.29 is 13.6 Å². The minimum absolute atomic E-state index is 0.221. The normalized spacial score (nSPS) is 17.0. The second kappa shape index (κ2) is 10.1. The average Bonchev–Trinajstić information content (AvgIpc) is 3.45. The Morgan fingerprint density at radius 3 is 2.56 bits per heavy atom. The minimum atomic E-state index is -0.482. The van der Waals surface area contributed by atoms with Gasteiger partial charge in [0, 0.05) is 36.1 Å². The van der Waals surface area contributed by atoms with Crippen molar-refractivity contribution in [2.24, 2.45) is 11.3 Å². The molecule has 1 N–H and O–H groups in total. The van der Waals surface area contributed by atoms with Gasteiger partial charge < -0.3 is 14.8 Å². The van der Waals surface area contributed by atoms with Gasteiger partial charge in [0.15, 0.2) is 0 Å². The molecule has 34 heavy (non-hydrogen) atoms. The van der Waals surface area contributed by atoms with E-state index in [4.69, 9.17) is 0 Å². The lowest BCUT2D eigenvalue weighted by atomic mass is 9.83. The second-order valence-electron chi connectivity index (χ2n) is 10.3. The SMILES string of the molecule is CC(C)(C)C(c1cc(-c2cc(F)ccc2F)cn1Cc1ccccc1)N(C=O)CC1CCNC1. The van der Waals surface area contributed by atoms with Gasteiger partial charge in [0.05, 0.1) is 6.04 Å². The van der Waals surface area contributed by atoms with E-state index in [0.717, 1.165) is 49.3 Å². The first kappa shape index (κ1) is 24.1. The van der Waals surface area contributed by atoms with E-state index in [9.17, 15) is 13.6 Å². The average molecular weight is 466 g/mol. The van der Waals surface area contributed by atoms with Crippen molar-refractivity contribution in [3.05, 3.63) is 83.7 Å². The van der Waals surface area contributed by atoms with Gasteiger partial charge in [0.25, 0.3) is 0 Å². The molecule has 3 aromatic rings. The number of carbonyl (C=O) groups excluding carboxylic acids is 1. The van der Waals surface area contributed by atoms with Crippen molar-refractivity contribution in [1.82, 2.24) is 14.8 Å². The van der Waals surface area contributed by atoms with Crippen LogP contribution in [0.4, 0.5) is 8.78 Å². The fourth-order valence-corrected chi connectivity index (χ4v) is 5.03. The van der Waals surface area contributed by atoms with Crippen LogP contribution < -0.4 is 5.32 Å². The third kappa shape index (κ3) is 5.39. The van der Waals surface area contributed by atoms with Gasteiger partial charge in [0.1, 0.15) is 11.6 Å². The Morgan fingerprint density at radius 2 is 1.91 bits per heavy atom. The molecular weight excluding hydrogens is 432 g/mol. The highest BCUT2D eigenvalue weighted by atomic mass is 19.1. The van der Waals surface area contributed by atoms with E-state index in [1.807, 2.05) is 47.5 Å². The van der Waals surface area contributed by atoms with E-state index in [1.165, 1.54) is 6.07 Å². The van der Waals surface area contributed by atoms with Crippen molar-refractivity contribution >= 4 is 6.41 Å². The molecule has 1 aromatic heterocycles. The number of hydrogen-bond donors (Lipinski definition) is 1. The molecule has 0 spiro atoms. The molecule has 180 valence electrons. The Labute approximate surface area is 200 Å². The van der Waals surface area contributed by atoms with E-state index < -0.39 is 11.6 Å². The number of rotatable bonds is 8. The zero-order valence-corrected chi connectivity index (χ0v) is 20.1. The van der Waals surface area contributed by atoms with Crippen molar-refractivity contribution in [2.45, 2.75) is 39.8 Å². The quantitative estimate of drug-likeness (QED) is 0.438. The van der Waals surface area contributed by atoms with Crippen LogP contribution in [-0.2, 0) is 11.3 Å². The van der Waals surface area contributed by atoms with Crippen LogP contribution in [0.2, 0.25) is 0 Å². The molecule has 2 atom stereocenters. The number of aromatic nitrogens is 1. The van der Waals surface area contributed by atoms with Crippen LogP contribution in [0.3, 0.4) is 0 Å². The van der Waals surface area contributed by atoms with Gasteiger partial charge in [-0.1, -0.05) is 51.1 Å². The van der Waals surface area contributed by atoms with E-state index in [0.29, 0.717) is 24.6 Å². The summed E-state index contributed by atoms with van der Waals surface area (Å²) in [5.74, 6) is -0.557. The summed E-state index contributed by atoms with van der Waals surface area (Å²) >= 11 is 0. The largest absolute Gasteiger partial charge is 0.344 e. The van der Waals surface area contributed by atoms with Gasteiger partial charge >= 0.3 is 0 Å². The molecule has 1 amide bonds. The fraction of sp³-hybridized carbons (Fsp3) is 0.393. The van der Waals surface area contributed by atoms with Crippen LogP contribution in [0.5, 0.6) is 0 Å². The summed E-state index contributed by atoms with van der Waals surface area (Å²) in [6, 6.07) is 15.2. The molecule has 1 fully saturated rings. The molecule has 2 heterocycles. The lowest BCUT2D eigenvalue weighted by Crippen LogP contribution is -2.40. The summed E-state index contributed by atoms with van der Waals surface area (Å²) in [6.07, 6.45) is 3.85. The summed E-state index contributed by atoms with van der Waals surface area (Å²) in [7, 11) is 0. The van der Waals surface area contributed by atoms with Crippen molar-refractivity contribution in [2.75, 3.05) is 19.6 Å². The number of nitrogens with zero attached hydrogens (tertiary/aromatic N) is 2. The van der Waals surface area contributed by atoms with Gasteiger partial charge in [-0.2, -0.15) is 0 Å². The Balaban J connectivity index is 1.82. The van der Waals surface area contributed by atoms with Crippen LogP contribution in [-0.4, -0.2) is 35.5 Å². The van der Waals surface area contributed by atoms with Crippen LogP contribution in [0, 0.1) is 23.0 Å². The van der Waals surface area contributed by atoms with Crippen LogP contribution >= 0.6 is 0 Å². The van der Waals surface area contributed by atoms with Crippen LogP contribution in [0.15, 0.2) is 60.8 Å². The Bertz CT molecular complexity index is 1110. The summed E-state index contributed by atoms with van der Waals surface area (Å²) in [4.78, 5) is 14.3. The highest BCUT2D eigenvalue weighted by molar-refractivity contribution is 5.65. The molecule has 1 aliphatic heterocycles. The van der Waals surface area contributed by atoms with Crippen molar-refractivity contribution in [3.63, 3.8) is 0 Å². The van der Waals surface area contributed by atoms with Gasteiger partial charge in [-0.15, -0.1) is 0 Å². The molecule has 0 radical (unpaired) electrons. The minimum Gasteiger partial charge on any atom is -0.344 e. The number of nitrogens with one attached hydrogen (secondary N) is 1. The zero-order chi connectivity index (χ0) is 24.3. The van der Waals surface area contributed by atoms with Gasteiger partial charge in [-0.25, -0.2) is 8.78 Å². The molecule has 0 saturated carbocycles. The standard InChI is InChI=1S/C28H33F2N3O/c1-28(2,3)27(33(19-34)17-21-11-12-31-15-21)26-13-22(24-14-23(29)9-10-25(24)30)18-32(26)16-20-7-5-4-6-8-20/h4-10,13-14,18-19,21,27,31H,11-12,15-17H2,1-3H3. The highest BCUT2D eigenvalue weighted by Crippen LogP contribution is 2.41. The Kier molecular flexibility index (Phi) is 7.17. The first-order chi connectivity index (χ1) is 16.3. The van der Waals surface area contributed by atoms with Crippen molar-refractivity contribution in [1.29, 1.82) is 0 Å². The first-order valence-corrected chi connectivity index (χ1v) is 11.9. The fourth-order valence-electron chi connectivity index (χ4n) is 5.03. The Morgan fingerprint density at radius 1 is 1.15 bits per heavy atom. The monoisotopic (exact) mass is 465 g/mol. The molecule has 2 unspecified atom stereocenters. The van der Waals surface area contributed by atoms with Crippen molar-refractivity contribution in [3.8, 4) is 11.1 Å². The zero-order valence-electron chi connectivity index (χ0n) is 20.1. The summed E-state index contributed by atoms with van der Waals surface area (Å²) in [5.41, 5.74) is 2.55. The van der Waals surface area contributed by atoms with Gasteiger partial charge in [-0.05, 0) is 60.7 Å². The van der Waals surface area contributed by atoms with E-state index in [2.05, 4.69) is 30.7 Å². The maximum Gasteiger partial charge on any atom is 0.210 e. The second-order valence-corrected chi connectivity index (χ2v) is 10.3. The summed E-state index contributed by atoms with van der Waals surface area (Å²) in [6.45, 7) is 9.42. The Hall–Kier alpha value is -2.99.